The highest BCUT2D eigenvalue weighted by Gasteiger charge is 2.19. The van der Waals surface area contributed by atoms with Crippen LogP contribution in [0.4, 0.5) is 4.39 Å². The van der Waals surface area contributed by atoms with Gasteiger partial charge in [-0.2, -0.15) is 0 Å². The number of rotatable bonds is 5. The Labute approximate surface area is 160 Å². The molecule has 0 spiro atoms. The molecule has 1 heterocycles. The Balaban J connectivity index is 2.04. The van der Waals surface area contributed by atoms with E-state index < -0.39 is 17.2 Å². The summed E-state index contributed by atoms with van der Waals surface area (Å²) in [6.07, 6.45) is 1.42. The minimum absolute atomic E-state index is 0.0807. The van der Waals surface area contributed by atoms with E-state index in [9.17, 15) is 14.0 Å². The van der Waals surface area contributed by atoms with Crippen molar-refractivity contribution in [2.75, 3.05) is 7.05 Å². The van der Waals surface area contributed by atoms with Crippen molar-refractivity contribution in [3.05, 3.63) is 74.8 Å². The second kappa shape index (κ2) is 7.90. The second-order valence-electron chi connectivity index (χ2n) is 6.01. The summed E-state index contributed by atoms with van der Waals surface area (Å²) in [5.74, 6) is -1.17. The van der Waals surface area contributed by atoms with Gasteiger partial charge in [-0.05, 0) is 43.8 Å². The molecule has 2 aromatic carbocycles. The molecule has 5 nitrogen and oxygen atoms in total. The summed E-state index contributed by atoms with van der Waals surface area (Å²) in [4.78, 5) is 25.3. The summed E-state index contributed by atoms with van der Waals surface area (Å²) < 4.78 is 20.9. The number of pyridine rings is 1. The van der Waals surface area contributed by atoms with E-state index in [1.54, 1.807) is 22.8 Å². The number of carbonyl (C=O) groups excluding carboxylic acids is 1. The van der Waals surface area contributed by atoms with E-state index in [4.69, 9.17) is 16.3 Å². The summed E-state index contributed by atoms with van der Waals surface area (Å²) in [6.45, 7) is 2.93. The van der Waals surface area contributed by atoms with E-state index in [1.165, 1.54) is 12.3 Å². The molecule has 0 saturated carbocycles. The molecule has 0 aliphatic rings. The van der Waals surface area contributed by atoms with Crippen molar-refractivity contribution in [1.29, 1.82) is 0 Å². The number of hydrogen-bond donors (Lipinski definition) is 1. The lowest BCUT2D eigenvalue weighted by Crippen LogP contribution is -2.22. The number of aryl methyl sites for hydroxylation is 1. The number of nitrogens with one attached hydrogen (secondary N) is 1. The summed E-state index contributed by atoms with van der Waals surface area (Å²) in [6, 6.07) is 9.44. The van der Waals surface area contributed by atoms with Gasteiger partial charge >= 0.3 is 5.97 Å². The van der Waals surface area contributed by atoms with E-state index in [0.29, 0.717) is 24.4 Å². The number of ether oxygens (including phenoxy) is 1. The Morgan fingerprint density at radius 3 is 2.78 bits per heavy atom. The Morgan fingerprint density at radius 2 is 2.07 bits per heavy atom. The maximum absolute atomic E-state index is 13.9. The molecule has 0 fully saturated rings. The molecular formula is C20H18ClFN2O3. The molecule has 0 bridgehead atoms. The van der Waals surface area contributed by atoms with Crippen LogP contribution >= 0.6 is 11.6 Å². The third-order valence-corrected chi connectivity index (χ3v) is 4.46. The van der Waals surface area contributed by atoms with Gasteiger partial charge in [0.25, 0.3) is 0 Å². The SMILES string of the molecule is CCn1cc(C(=O)Oc2cccc(CNC)c2)c(=O)c2cc(F)c(Cl)cc21. The first-order valence-electron chi connectivity index (χ1n) is 8.42. The van der Waals surface area contributed by atoms with E-state index in [1.807, 2.05) is 20.0 Å². The highest BCUT2D eigenvalue weighted by atomic mass is 35.5. The van der Waals surface area contributed by atoms with Crippen LogP contribution in [0.3, 0.4) is 0 Å². The molecule has 0 aliphatic heterocycles. The van der Waals surface area contributed by atoms with Crippen molar-refractivity contribution in [3.63, 3.8) is 0 Å². The fourth-order valence-corrected chi connectivity index (χ4v) is 3.03. The van der Waals surface area contributed by atoms with Gasteiger partial charge in [-0.3, -0.25) is 4.79 Å². The number of carbonyl (C=O) groups is 1. The van der Waals surface area contributed by atoms with E-state index in [2.05, 4.69) is 5.32 Å². The minimum atomic E-state index is -0.791. The third kappa shape index (κ3) is 3.86. The highest BCUT2D eigenvalue weighted by molar-refractivity contribution is 6.31. The van der Waals surface area contributed by atoms with Gasteiger partial charge in [0.2, 0.25) is 5.43 Å². The second-order valence-corrected chi connectivity index (χ2v) is 6.42. The predicted molar refractivity (Wildman–Crippen MR) is 103 cm³/mol. The van der Waals surface area contributed by atoms with Crippen LogP contribution in [0.1, 0.15) is 22.8 Å². The number of nitrogens with zero attached hydrogens (tertiary/aromatic N) is 1. The number of esters is 1. The molecule has 3 aromatic rings. The molecule has 1 N–H and O–H groups in total. The molecule has 3 rings (SSSR count). The average Bonchev–Trinajstić information content (AvgIpc) is 2.64. The number of fused-ring (bicyclic) bond motifs is 1. The van der Waals surface area contributed by atoms with Crippen LogP contribution in [0.5, 0.6) is 5.75 Å². The Kier molecular flexibility index (Phi) is 5.58. The van der Waals surface area contributed by atoms with E-state index in [-0.39, 0.29) is 16.0 Å². The summed E-state index contributed by atoms with van der Waals surface area (Å²) in [5.41, 5.74) is 0.636. The number of halogens is 2. The van der Waals surface area contributed by atoms with Crippen LogP contribution in [0.2, 0.25) is 5.02 Å². The van der Waals surface area contributed by atoms with Gasteiger partial charge in [0.1, 0.15) is 17.1 Å². The van der Waals surface area contributed by atoms with Crippen molar-refractivity contribution in [2.45, 2.75) is 20.0 Å². The number of hydrogen-bond acceptors (Lipinski definition) is 4. The van der Waals surface area contributed by atoms with Gasteiger partial charge in [0.05, 0.1) is 10.5 Å². The van der Waals surface area contributed by atoms with E-state index in [0.717, 1.165) is 11.6 Å². The zero-order chi connectivity index (χ0) is 19.6. The largest absolute Gasteiger partial charge is 0.423 e. The van der Waals surface area contributed by atoms with Crippen molar-refractivity contribution in [1.82, 2.24) is 9.88 Å². The normalized spacial score (nSPS) is 11.0. The summed E-state index contributed by atoms with van der Waals surface area (Å²) in [7, 11) is 1.81. The lowest BCUT2D eigenvalue weighted by atomic mass is 10.1. The number of aromatic nitrogens is 1. The van der Waals surface area contributed by atoms with Crippen LogP contribution in [-0.4, -0.2) is 17.6 Å². The Morgan fingerprint density at radius 1 is 1.30 bits per heavy atom. The highest BCUT2D eigenvalue weighted by Crippen LogP contribution is 2.22. The standard InChI is InChI=1S/C20H18ClFN2O3/c1-3-24-11-15(19(25)14-8-17(22)16(21)9-18(14)24)20(26)27-13-6-4-5-12(7-13)10-23-2/h4-9,11,23H,3,10H2,1-2H3. The first kappa shape index (κ1) is 19.1. The smallest absolute Gasteiger partial charge is 0.349 e. The molecule has 0 aliphatic carbocycles. The Hall–Kier alpha value is -2.70. The zero-order valence-electron chi connectivity index (χ0n) is 14.9. The molecule has 0 atom stereocenters. The zero-order valence-corrected chi connectivity index (χ0v) is 15.6. The monoisotopic (exact) mass is 388 g/mol. The van der Waals surface area contributed by atoms with Crippen molar-refractivity contribution >= 4 is 28.5 Å². The molecule has 140 valence electrons. The fraction of sp³-hybridized carbons (Fsp3) is 0.200. The molecule has 0 saturated heterocycles. The van der Waals surface area contributed by atoms with Gasteiger partial charge in [0.15, 0.2) is 0 Å². The van der Waals surface area contributed by atoms with E-state index >= 15 is 0 Å². The molecule has 1 aromatic heterocycles. The van der Waals surface area contributed by atoms with Crippen LogP contribution < -0.4 is 15.5 Å². The molecule has 0 amide bonds. The van der Waals surface area contributed by atoms with Gasteiger partial charge in [-0.15, -0.1) is 0 Å². The third-order valence-electron chi connectivity index (χ3n) is 4.17. The maximum atomic E-state index is 13.9. The minimum Gasteiger partial charge on any atom is -0.423 e. The van der Waals surface area contributed by atoms with Gasteiger partial charge in [0, 0.05) is 24.7 Å². The van der Waals surface area contributed by atoms with Crippen molar-refractivity contribution in [3.8, 4) is 5.75 Å². The predicted octanol–water partition coefficient (Wildman–Crippen LogP) is 3.75. The van der Waals surface area contributed by atoms with Gasteiger partial charge in [-0.1, -0.05) is 23.7 Å². The van der Waals surface area contributed by atoms with Crippen molar-refractivity contribution in [2.24, 2.45) is 0 Å². The van der Waals surface area contributed by atoms with Crippen LogP contribution in [0.15, 0.2) is 47.4 Å². The molecule has 0 radical (unpaired) electrons. The van der Waals surface area contributed by atoms with Crippen molar-refractivity contribution < 1.29 is 13.9 Å². The summed E-state index contributed by atoms with van der Waals surface area (Å²) >= 11 is 5.83. The average molecular weight is 389 g/mol. The fourth-order valence-electron chi connectivity index (χ4n) is 2.88. The lowest BCUT2D eigenvalue weighted by Gasteiger charge is -2.12. The van der Waals surface area contributed by atoms with Crippen LogP contribution in [0, 0.1) is 5.82 Å². The first-order chi connectivity index (χ1) is 12.9. The molecule has 0 unspecified atom stereocenters. The van der Waals surface area contributed by atoms with Crippen LogP contribution in [0.25, 0.3) is 10.9 Å². The maximum Gasteiger partial charge on any atom is 0.349 e. The quantitative estimate of drug-likeness (QED) is 0.534. The molecule has 27 heavy (non-hydrogen) atoms. The Bertz CT molecular complexity index is 1080. The van der Waals surface area contributed by atoms with Gasteiger partial charge in [-0.25, -0.2) is 9.18 Å². The number of benzene rings is 2. The first-order valence-corrected chi connectivity index (χ1v) is 8.80. The topological polar surface area (TPSA) is 60.3 Å². The lowest BCUT2D eigenvalue weighted by molar-refractivity contribution is 0.0732. The molecular weight excluding hydrogens is 371 g/mol. The summed E-state index contributed by atoms with van der Waals surface area (Å²) in [5, 5.41) is 3.01. The van der Waals surface area contributed by atoms with Gasteiger partial charge < -0.3 is 14.6 Å². The molecule has 7 heteroatoms. The van der Waals surface area contributed by atoms with Crippen LogP contribution in [-0.2, 0) is 13.1 Å².